The molecule has 2 heterocycles. The van der Waals surface area contributed by atoms with Gasteiger partial charge in [0, 0.05) is 13.1 Å². The molecule has 1 saturated heterocycles. The van der Waals surface area contributed by atoms with Gasteiger partial charge >= 0.3 is 0 Å². The van der Waals surface area contributed by atoms with Crippen molar-refractivity contribution in [2.75, 3.05) is 24.6 Å². The predicted molar refractivity (Wildman–Crippen MR) is 59.3 cm³/mol. The zero-order valence-electron chi connectivity index (χ0n) is 8.90. The maximum atomic E-state index is 5.69. The van der Waals surface area contributed by atoms with Gasteiger partial charge in [0.2, 0.25) is 0 Å². The van der Waals surface area contributed by atoms with E-state index in [-0.39, 0.29) is 5.60 Å². The van der Waals surface area contributed by atoms with Crippen LogP contribution in [0.3, 0.4) is 0 Å². The summed E-state index contributed by atoms with van der Waals surface area (Å²) in [5, 5.41) is 8.31. The van der Waals surface area contributed by atoms with Crippen molar-refractivity contribution < 1.29 is 4.74 Å². The van der Waals surface area contributed by atoms with Crippen molar-refractivity contribution in [3.05, 3.63) is 17.3 Å². The van der Waals surface area contributed by atoms with Gasteiger partial charge in [-0.05, 0) is 26.0 Å². The Morgan fingerprint density at radius 3 is 2.80 bits per heavy atom. The van der Waals surface area contributed by atoms with Gasteiger partial charge in [-0.1, -0.05) is 11.6 Å². The number of anilines is 1. The highest BCUT2D eigenvalue weighted by Crippen LogP contribution is 2.21. The van der Waals surface area contributed by atoms with Gasteiger partial charge in [-0.15, -0.1) is 10.2 Å². The first-order valence-corrected chi connectivity index (χ1v) is 5.33. The summed E-state index contributed by atoms with van der Waals surface area (Å²) >= 11 is 5.69. The highest BCUT2D eigenvalue weighted by molar-refractivity contribution is 6.29. The van der Waals surface area contributed by atoms with Crippen LogP contribution in [0.1, 0.15) is 13.8 Å². The molecule has 0 aromatic carbocycles. The monoisotopic (exact) mass is 227 g/mol. The fourth-order valence-electron chi connectivity index (χ4n) is 1.69. The third-order valence-electron chi connectivity index (χ3n) is 2.37. The van der Waals surface area contributed by atoms with Gasteiger partial charge in [0.15, 0.2) is 11.0 Å². The number of ether oxygens (including phenoxy) is 1. The molecule has 0 radical (unpaired) electrons. The van der Waals surface area contributed by atoms with Crippen LogP contribution in [0.25, 0.3) is 0 Å². The van der Waals surface area contributed by atoms with Crippen molar-refractivity contribution >= 4 is 17.4 Å². The Labute approximate surface area is 94.2 Å². The summed E-state index contributed by atoms with van der Waals surface area (Å²) in [6.45, 7) is 6.53. The van der Waals surface area contributed by atoms with Gasteiger partial charge in [-0.2, -0.15) is 0 Å². The number of aromatic nitrogens is 2. The van der Waals surface area contributed by atoms with Gasteiger partial charge in [0.1, 0.15) is 0 Å². The van der Waals surface area contributed by atoms with Crippen LogP contribution in [0.15, 0.2) is 12.1 Å². The lowest BCUT2D eigenvalue weighted by Crippen LogP contribution is -2.48. The van der Waals surface area contributed by atoms with E-state index in [0.717, 1.165) is 25.5 Å². The lowest BCUT2D eigenvalue weighted by atomic mass is 10.1. The number of nitrogens with zero attached hydrogens (tertiary/aromatic N) is 3. The quantitative estimate of drug-likeness (QED) is 0.733. The minimum atomic E-state index is -0.125. The number of rotatable bonds is 1. The van der Waals surface area contributed by atoms with E-state index >= 15 is 0 Å². The molecule has 0 unspecified atom stereocenters. The van der Waals surface area contributed by atoms with Crippen molar-refractivity contribution in [2.45, 2.75) is 19.4 Å². The van der Waals surface area contributed by atoms with Crippen LogP contribution in [0.5, 0.6) is 0 Å². The van der Waals surface area contributed by atoms with Crippen molar-refractivity contribution in [1.82, 2.24) is 10.2 Å². The fraction of sp³-hybridized carbons (Fsp3) is 0.600. The number of halogens is 1. The molecule has 15 heavy (non-hydrogen) atoms. The van der Waals surface area contributed by atoms with Crippen molar-refractivity contribution in [1.29, 1.82) is 0 Å². The number of hydrogen-bond donors (Lipinski definition) is 0. The second-order valence-corrected chi connectivity index (χ2v) is 4.63. The van der Waals surface area contributed by atoms with Crippen LogP contribution in [-0.4, -0.2) is 35.5 Å². The molecule has 0 bridgehead atoms. The van der Waals surface area contributed by atoms with Gasteiger partial charge in [0.25, 0.3) is 0 Å². The van der Waals surface area contributed by atoms with E-state index in [1.54, 1.807) is 6.07 Å². The third-order valence-corrected chi connectivity index (χ3v) is 2.57. The molecule has 1 aromatic rings. The minimum Gasteiger partial charge on any atom is -0.372 e. The van der Waals surface area contributed by atoms with Crippen LogP contribution in [0.2, 0.25) is 5.15 Å². The van der Waals surface area contributed by atoms with Crippen LogP contribution in [0, 0.1) is 0 Å². The van der Waals surface area contributed by atoms with E-state index in [1.807, 2.05) is 6.07 Å². The van der Waals surface area contributed by atoms with Gasteiger partial charge in [-0.25, -0.2) is 0 Å². The number of hydrogen-bond acceptors (Lipinski definition) is 4. The van der Waals surface area contributed by atoms with E-state index < -0.39 is 0 Å². The van der Waals surface area contributed by atoms with E-state index in [0.29, 0.717) is 5.15 Å². The molecule has 1 aliphatic rings. The summed E-state index contributed by atoms with van der Waals surface area (Å²) in [6.07, 6.45) is 0. The van der Waals surface area contributed by atoms with Crippen LogP contribution in [0.4, 0.5) is 5.82 Å². The predicted octanol–water partition coefficient (Wildman–Crippen LogP) is 1.75. The molecule has 0 saturated carbocycles. The smallest absolute Gasteiger partial charge is 0.151 e. The lowest BCUT2D eigenvalue weighted by molar-refractivity contribution is -0.0279. The van der Waals surface area contributed by atoms with Crippen LogP contribution in [-0.2, 0) is 4.74 Å². The topological polar surface area (TPSA) is 38.2 Å². The molecule has 0 aliphatic carbocycles. The molecule has 0 N–H and O–H groups in total. The lowest BCUT2D eigenvalue weighted by Gasteiger charge is -2.38. The van der Waals surface area contributed by atoms with E-state index in [4.69, 9.17) is 16.3 Å². The van der Waals surface area contributed by atoms with E-state index in [2.05, 4.69) is 28.9 Å². The third kappa shape index (κ3) is 2.58. The maximum Gasteiger partial charge on any atom is 0.151 e. The number of morpholine rings is 1. The summed E-state index contributed by atoms with van der Waals surface area (Å²) in [6, 6.07) is 3.64. The Morgan fingerprint density at radius 1 is 1.40 bits per heavy atom. The van der Waals surface area contributed by atoms with Crippen molar-refractivity contribution in [2.24, 2.45) is 0 Å². The first kappa shape index (κ1) is 10.6. The molecule has 0 amide bonds. The summed E-state index contributed by atoms with van der Waals surface area (Å²) in [7, 11) is 0. The first-order valence-electron chi connectivity index (χ1n) is 4.95. The Morgan fingerprint density at radius 2 is 2.20 bits per heavy atom. The molecule has 1 aliphatic heterocycles. The molecule has 1 fully saturated rings. The molecule has 0 atom stereocenters. The van der Waals surface area contributed by atoms with Crippen LogP contribution >= 0.6 is 11.6 Å². The average Bonchev–Trinajstić information content (AvgIpc) is 2.17. The molecular weight excluding hydrogens is 214 g/mol. The molecule has 2 rings (SSSR count). The van der Waals surface area contributed by atoms with Crippen LogP contribution < -0.4 is 4.90 Å². The first-order chi connectivity index (χ1) is 7.07. The zero-order valence-corrected chi connectivity index (χ0v) is 9.66. The molecule has 4 nitrogen and oxygen atoms in total. The Balaban J connectivity index is 2.13. The normalized spacial score (nSPS) is 20.3. The van der Waals surface area contributed by atoms with E-state index in [9.17, 15) is 0 Å². The van der Waals surface area contributed by atoms with E-state index in [1.165, 1.54) is 0 Å². The minimum absolute atomic E-state index is 0.125. The van der Waals surface area contributed by atoms with Gasteiger partial charge in [0.05, 0.1) is 12.2 Å². The maximum absolute atomic E-state index is 5.69. The summed E-state index contributed by atoms with van der Waals surface area (Å²) in [4.78, 5) is 2.16. The second-order valence-electron chi connectivity index (χ2n) is 4.24. The summed E-state index contributed by atoms with van der Waals surface area (Å²) in [5.41, 5.74) is -0.125. The van der Waals surface area contributed by atoms with Crippen molar-refractivity contribution in [3.8, 4) is 0 Å². The highest BCUT2D eigenvalue weighted by Gasteiger charge is 2.27. The SMILES string of the molecule is CC1(C)CN(c2ccc(Cl)nn2)CCO1. The van der Waals surface area contributed by atoms with Gasteiger partial charge < -0.3 is 9.64 Å². The second kappa shape index (κ2) is 3.94. The van der Waals surface area contributed by atoms with Crippen molar-refractivity contribution in [3.63, 3.8) is 0 Å². The largest absolute Gasteiger partial charge is 0.372 e. The standard InChI is InChI=1S/C10H14ClN3O/c1-10(2)7-14(5-6-15-10)9-4-3-8(11)12-13-9/h3-4H,5-7H2,1-2H3. The van der Waals surface area contributed by atoms with Gasteiger partial charge in [-0.3, -0.25) is 0 Å². The summed E-state index contributed by atoms with van der Waals surface area (Å²) < 4.78 is 5.62. The fourth-order valence-corrected chi connectivity index (χ4v) is 1.79. The summed E-state index contributed by atoms with van der Waals surface area (Å²) in [5.74, 6) is 0.857. The molecule has 1 aromatic heterocycles. The molecule has 5 heteroatoms. The Hall–Kier alpha value is -0.870. The Bertz CT molecular complexity index is 339. The zero-order chi connectivity index (χ0) is 10.9. The Kier molecular flexibility index (Phi) is 2.80. The molecule has 82 valence electrons. The molecular formula is C10H14ClN3O. The molecule has 0 spiro atoms. The highest BCUT2D eigenvalue weighted by atomic mass is 35.5. The average molecular weight is 228 g/mol.